The lowest BCUT2D eigenvalue weighted by Crippen LogP contribution is -2.20. The van der Waals surface area contributed by atoms with Gasteiger partial charge in [-0.3, -0.25) is 14.5 Å². The molecule has 1 aliphatic rings. The number of aromatic nitrogens is 1. The van der Waals surface area contributed by atoms with Gasteiger partial charge in [0, 0.05) is 23.5 Å². The average molecular weight is 331 g/mol. The van der Waals surface area contributed by atoms with Crippen LogP contribution in [0.15, 0.2) is 35.2 Å². The Hall–Kier alpha value is -2.41. The molecule has 0 unspecified atom stereocenters. The number of pyridine rings is 1. The van der Waals surface area contributed by atoms with Gasteiger partial charge in [0.1, 0.15) is 0 Å². The molecule has 0 atom stereocenters. The van der Waals surface area contributed by atoms with Crippen LogP contribution in [0.2, 0.25) is 0 Å². The van der Waals surface area contributed by atoms with E-state index in [1.165, 1.54) is 6.07 Å². The quantitative estimate of drug-likeness (QED) is 0.904. The van der Waals surface area contributed by atoms with Crippen LogP contribution in [0.5, 0.6) is 0 Å². The maximum Gasteiger partial charge on any atom is 0.261 e. The van der Waals surface area contributed by atoms with Gasteiger partial charge in [-0.05, 0) is 56.2 Å². The van der Waals surface area contributed by atoms with Crippen molar-refractivity contribution in [2.24, 2.45) is 0 Å². The number of carbonyl (C=O) groups excluding carboxylic acids is 1. The van der Waals surface area contributed by atoms with Crippen LogP contribution in [0.25, 0.3) is 0 Å². The van der Waals surface area contributed by atoms with Crippen molar-refractivity contribution in [3.8, 4) is 0 Å². The van der Waals surface area contributed by atoms with Crippen LogP contribution >= 0.6 is 0 Å². The van der Waals surface area contributed by atoms with Crippen LogP contribution in [-0.2, 0) is 21.2 Å². The Morgan fingerprint density at radius 3 is 2.48 bits per heavy atom. The smallest absolute Gasteiger partial charge is 0.261 e. The van der Waals surface area contributed by atoms with Crippen molar-refractivity contribution in [3.05, 3.63) is 47.3 Å². The number of sulfonamides is 1. The normalized spacial score (nSPS) is 14.1. The topological polar surface area (TPSA) is 88.2 Å². The third-order valence-electron chi connectivity index (χ3n) is 3.62. The number of amides is 1. The fourth-order valence-electron chi connectivity index (χ4n) is 2.63. The minimum absolute atomic E-state index is 0.0473. The Labute approximate surface area is 135 Å². The molecule has 23 heavy (non-hydrogen) atoms. The van der Waals surface area contributed by atoms with E-state index >= 15 is 0 Å². The number of anilines is 2. The summed E-state index contributed by atoms with van der Waals surface area (Å²) in [6, 6.07) is 8.10. The molecule has 1 amide bonds. The van der Waals surface area contributed by atoms with Crippen molar-refractivity contribution < 1.29 is 13.2 Å². The Morgan fingerprint density at radius 1 is 1.09 bits per heavy atom. The van der Waals surface area contributed by atoms with Crippen molar-refractivity contribution in [1.82, 2.24) is 4.98 Å². The SMILES string of the molecule is Cc1cc(NS(=O)(=O)c2ccc3c(c2)CCC(=O)N3)cc(C)n1. The summed E-state index contributed by atoms with van der Waals surface area (Å²) in [6.45, 7) is 3.62. The Bertz CT molecular complexity index is 871. The summed E-state index contributed by atoms with van der Waals surface area (Å²) in [5.41, 5.74) is 3.48. The summed E-state index contributed by atoms with van der Waals surface area (Å²) in [4.78, 5) is 15.8. The standard InChI is InChI=1S/C16H17N3O3S/c1-10-7-13(8-11(2)17-10)19-23(21,22)14-4-5-15-12(9-14)3-6-16(20)18-15/h4-5,7-9H,3,6H2,1-2H3,(H,17,19)(H,18,20). The molecule has 0 bridgehead atoms. The van der Waals surface area contributed by atoms with E-state index in [-0.39, 0.29) is 10.8 Å². The number of rotatable bonds is 3. The van der Waals surface area contributed by atoms with E-state index in [0.717, 1.165) is 17.0 Å². The highest BCUT2D eigenvalue weighted by Gasteiger charge is 2.20. The number of benzene rings is 1. The summed E-state index contributed by atoms with van der Waals surface area (Å²) in [5.74, 6) is -0.0473. The third-order valence-corrected chi connectivity index (χ3v) is 5.00. The van der Waals surface area contributed by atoms with Crippen LogP contribution in [0.1, 0.15) is 23.4 Å². The first kappa shape index (κ1) is 15.5. The fraction of sp³-hybridized carbons (Fsp3) is 0.250. The molecule has 0 aliphatic carbocycles. The zero-order valence-corrected chi connectivity index (χ0v) is 13.7. The molecule has 2 aromatic rings. The Balaban J connectivity index is 1.92. The number of aryl methyl sites for hydroxylation is 3. The van der Waals surface area contributed by atoms with E-state index in [1.807, 2.05) is 13.8 Å². The van der Waals surface area contributed by atoms with Gasteiger partial charge >= 0.3 is 0 Å². The molecule has 2 N–H and O–H groups in total. The number of carbonyl (C=O) groups is 1. The van der Waals surface area contributed by atoms with Gasteiger partial charge in [-0.1, -0.05) is 0 Å². The van der Waals surface area contributed by atoms with Crippen LogP contribution < -0.4 is 10.0 Å². The second kappa shape index (κ2) is 5.66. The Kier molecular flexibility index (Phi) is 3.81. The molecule has 6 nitrogen and oxygen atoms in total. The Morgan fingerprint density at radius 2 is 1.78 bits per heavy atom. The predicted molar refractivity (Wildman–Crippen MR) is 87.9 cm³/mol. The molecule has 0 fully saturated rings. The molecule has 0 saturated carbocycles. The van der Waals surface area contributed by atoms with Gasteiger partial charge in [0.15, 0.2) is 0 Å². The van der Waals surface area contributed by atoms with E-state index in [2.05, 4.69) is 15.0 Å². The molecule has 0 saturated heterocycles. The molecule has 120 valence electrons. The molecule has 3 rings (SSSR count). The van der Waals surface area contributed by atoms with Gasteiger partial charge in [0.05, 0.1) is 10.6 Å². The summed E-state index contributed by atoms with van der Waals surface area (Å²) < 4.78 is 27.7. The minimum Gasteiger partial charge on any atom is -0.326 e. The summed E-state index contributed by atoms with van der Waals surface area (Å²) in [5, 5.41) is 2.74. The number of hydrogen-bond donors (Lipinski definition) is 2. The van der Waals surface area contributed by atoms with Crippen molar-refractivity contribution in [2.45, 2.75) is 31.6 Å². The van der Waals surface area contributed by atoms with E-state index in [0.29, 0.717) is 24.2 Å². The number of nitrogens with one attached hydrogen (secondary N) is 2. The summed E-state index contributed by atoms with van der Waals surface area (Å²) in [6.07, 6.45) is 0.907. The molecular formula is C16H17N3O3S. The van der Waals surface area contributed by atoms with Gasteiger partial charge in [0.2, 0.25) is 5.91 Å². The maximum absolute atomic E-state index is 12.6. The zero-order chi connectivity index (χ0) is 16.6. The fourth-order valence-corrected chi connectivity index (χ4v) is 3.73. The van der Waals surface area contributed by atoms with Gasteiger partial charge in [-0.2, -0.15) is 0 Å². The van der Waals surface area contributed by atoms with Gasteiger partial charge in [-0.15, -0.1) is 0 Å². The second-order valence-electron chi connectivity index (χ2n) is 5.61. The van der Waals surface area contributed by atoms with E-state index in [4.69, 9.17) is 0 Å². The number of hydrogen-bond acceptors (Lipinski definition) is 4. The lowest BCUT2D eigenvalue weighted by Gasteiger charge is -2.18. The lowest BCUT2D eigenvalue weighted by molar-refractivity contribution is -0.116. The van der Waals surface area contributed by atoms with Crippen LogP contribution in [0.3, 0.4) is 0 Å². The molecular weight excluding hydrogens is 314 g/mol. The monoisotopic (exact) mass is 331 g/mol. The summed E-state index contributed by atoms with van der Waals surface area (Å²) >= 11 is 0. The van der Waals surface area contributed by atoms with Crippen molar-refractivity contribution in [2.75, 3.05) is 10.0 Å². The van der Waals surface area contributed by atoms with Gasteiger partial charge in [-0.25, -0.2) is 8.42 Å². The van der Waals surface area contributed by atoms with E-state index in [1.54, 1.807) is 24.3 Å². The number of nitrogens with zero attached hydrogens (tertiary/aromatic N) is 1. The zero-order valence-electron chi connectivity index (χ0n) is 12.9. The third kappa shape index (κ3) is 3.34. The van der Waals surface area contributed by atoms with Crippen LogP contribution in [-0.4, -0.2) is 19.3 Å². The minimum atomic E-state index is -3.68. The van der Waals surface area contributed by atoms with Crippen LogP contribution in [0.4, 0.5) is 11.4 Å². The predicted octanol–water partition coefficient (Wildman–Crippen LogP) is 2.38. The summed E-state index contributed by atoms with van der Waals surface area (Å²) in [7, 11) is -3.68. The first-order valence-corrected chi connectivity index (χ1v) is 8.73. The van der Waals surface area contributed by atoms with Crippen molar-refractivity contribution in [3.63, 3.8) is 0 Å². The highest BCUT2D eigenvalue weighted by atomic mass is 32.2. The van der Waals surface area contributed by atoms with E-state index in [9.17, 15) is 13.2 Å². The molecule has 0 radical (unpaired) electrons. The van der Waals surface area contributed by atoms with Crippen molar-refractivity contribution >= 4 is 27.3 Å². The maximum atomic E-state index is 12.6. The largest absolute Gasteiger partial charge is 0.326 e. The lowest BCUT2D eigenvalue weighted by atomic mass is 10.0. The molecule has 7 heteroatoms. The highest BCUT2D eigenvalue weighted by molar-refractivity contribution is 7.92. The second-order valence-corrected chi connectivity index (χ2v) is 7.29. The number of fused-ring (bicyclic) bond motifs is 1. The molecule has 1 aromatic carbocycles. The first-order valence-electron chi connectivity index (χ1n) is 7.24. The van der Waals surface area contributed by atoms with Crippen molar-refractivity contribution in [1.29, 1.82) is 0 Å². The average Bonchev–Trinajstić information content (AvgIpc) is 2.44. The molecule has 0 spiro atoms. The molecule has 1 aromatic heterocycles. The van der Waals surface area contributed by atoms with Gasteiger partial charge < -0.3 is 5.32 Å². The first-order chi connectivity index (χ1) is 10.8. The van der Waals surface area contributed by atoms with Crippen LogP contribution in [0, 0.1) is 13.8 Å². The molecule has 2 heterocycles. The highest BCUT2D eigenvalue weighted by Crippen LogP contribution is 2.26. The van der Waals surface area contributed by atoms with E-state index < -0.39 is 10.0 Å². The van der Waals surface area contributed by atoms with Gasteiger partial charge in [0.25, 0.3) is 10.0 Å². The molecule has 1 aliphatic heterocycles.